The third kappa shape index (κ3) is 6.40. The molecule has 2 N–H and O–H groups in total. The number of anilines is 2. The largest absolute Gasteiger partial charge is 0.493 e. The van der Waals surface area contributed by atoms with E-state index in [2.05, 4.69) is 31.5 Å². The lowest BCUT2D eigenvalue weighted by molar-refractivity contribution is -0.134. The van der Waals surface area contributed by atoms with Crippen LogP contribution in [0.3, 0.4) is 0 Å². The fraction of sp³-hybridized carbons (Fsp3) is 0.375. The standard InChI is InChI=1S/C24H28BrClN4O3S/c1-4-33-20-9-8-16(14-17(20)25)22(31)28-24(34)27-19-7-5-6-18(26)21(19)29-10-12-30(13-11-29)23(32)15(2)3/h5-9,14-15H,4,10-13H2,1-3H3,(H2,27,28,31,34). The zero-order valence-corrected chi connectivity index (χ0v) is 22.5. The summed E-state index contributed by atoms with van der Waals surface area (Å²) < 4.78 is 6.18. The molecular formula is C24H28BrClN4O3S. The highest BCUT2D eigenvalue weighted by molar-refractivity contribution is 9.10. The number of thiocarbonyl (C=S) groups is 1. The molecule has 0 unspecified atom stereocenters. The number of benzene rings is 2. The van der Waals surface area contributed by atoms with E-state index in [1.165, 1.54) is 0 Å². The Balaban J connectivity index is 1.68. The Morgan fingerprint density at radius 3 is 2.50 bits per heavy atom. The molecule has 182 valence electrons. The van der Waals surface area contributed by atoms with Gasteiger partial charge in [0.05, 0.1) is 27.5 Å². The SMILES string of the molecule is CCOc1ccc(C(=O)NC(=S)Nc2cccc(Cl)c2N2CCN(C(=O)C(C)C)CC2)cc1Br. The molecule has 3 rings (SSSR count). The van der Waals surface area contributed by atoms with Crippen LogP contribution < -0.4 is 20.3 Å². The lowest BCUT2D eigenvalue weighted by atomic mass is 10.1. The summed E-state index contributed by atoms with van der Waals surface area (Å²) in [6, 6.07) is 10.6. The smallest absolute Gasteiger partial charge is 0.257 e. The molecule has 0 atom stereocenters. The fourth-order valence-electron chi connectivity index (χ4n) is 3.70. The molecule has 1 heterocycles. The molecule has 2 amide bonds. The topological polar surface area (TPSA) is 73.9 Å². The number of nitrogens with zero attached hydrogens (tertiary/aromatic N) is 2. The van der Waals surface area contributed by atoms with E-state index in [9.17, 15) is 9.59 Å². The number of rotatable bonds is 6. The second-order valence-corrected chi connectivity index (χ2v) is 9.76. The van der Waals surface area contributed by atoms with Gasteiger partial charge in [-0.1, -0.05) is 31.5 Å². The van der Waals surface area contributed by atoms with Crippen LogP contribution in [0, 0.1) is 5.92 Å². The van der Waals surface area contributed by atoms with Crippen molar-refractivity contribution in [3.05, 3.63) is 51.5 Å². The van der Waals surface area contributed by atoms with Crippen LogP contribution in [0.4, 0.5) is 11.4 Å². The van der Waals surface area contributed by atoms with E-state index < -0.39 is 0 Å². The number of hydrogen-bond acceptors (Lipinski definition) is 5. The van der Waals surface area contributed by atoms with Crippen molar-refractivity contribution in [3.63, 3.8) is 0 Å². The highest BCUT2D eigenvalue weighted by Crippen LogP contribution is 2.35. The molecule has 2 aromatic rings. The van der Waals surface area contributed by atoms with Crippen LogP contribution in [0.5, 0.6) is 5.75 Å². The van der Waals surface area contributed by atoms with Gasteiger partial charge >= 0.3 is 0 Å². The summed E-state index contributed by atoms with van der Waals surface area (Å²) in [7, 11) is 0. The minimum atomic E-state index is -0.342. The Kier molecular flexibility index (Phi) is 9.16. The van der Waals surface area contributed by atoms with Crippen LogP contribution in [0.1, 0.15) is 31.1 Å². The van der Waals surface area contributed by atoms with Crippen molar-refractivity contribution in [1.82, 2.24) is 10.2 Å². The minimum Gasteiger partial charge on any atom is -0.493 e. The van der Waals surface area contributed by atoms with E-state index in [1.807, 2.05) is 43.9 Å². The molecule has 1 aliphatic rings. The van der Waals surface area contributed by atoms with Crippen molar-refractivity contribution in [2.24, 2.45) is 5.92 Å². The lowest BCUT2D eigenvalue weighted by Crippen LogP contribution is -2.50. The van der Waals surface area contributed by atoms with Gasteiger partial charge in [-0.25, -0.2) is 0 Å². The van der Waals surface area contributed by atoms with Crippen molar-refractivity contribution >= 4 is 68.1 Å². The summed E-state index contributed by atoms with van der Waals surface area (Å²) in [5.74, 6) is 0.451. The van der Waals surface area contributed by atoms with Crippen LogP contribution in [0.2, 0.25) is 5.02 Å². The van der Waals surface area contributed by atoms with Crippen molar-refractivity contribution < 1.29 is 14.3 Å². The van der Waals surface area contributed by atoms with Gasteiger partial charge in [-0.2, -0.15) is 0 Å². The predicted molar refractivity (Wildman–Crippen MR) is 144 cm³/mol. The Morgan fingerprint density at radius 1 is 1.18 bits per heavy atom. The van der Waals surface area contributed by atoms with Crippen LogP contribution in [0.25, 0.3) is 0 Å². The number of ether oxygens (including phenoxy) is 1. The number of carbonyl (C=O) groups is 2. The van der Waals surface area contributed by atoms with E-state index in [4.69, 9.17) is 28.6 Å². The van der Waals surface area contributed by atoms with E-state index in [-0.39, 0.29) is 22.8 Å². The molecule has 34 heavy (non-hydrogen) atoms. The number of para-hydroxylation sites is 1. The van der Waals surface area contributed by atoms with E-state index in [0.717, 1.165) is 5.69 Å². The average molecular weight is 568 g/mol. The molecule has 0 aliphatic carbocycles. The summed E-state index contributed by atoms with van der Waals surface area (Å²) in [6.45, 7) is 8.78. The average Bonchev–Trinajstić information content (AvgIpc) is 2.80. The van der Waals surface area contributed by atoms with Gasteiger partial charge in [-0.3, -0.25) is 14.9 Å². The molecule has 2 aromatic carbocycles. The number of halogens is 2. The van der Waals surface area contributed by atoms with Gasteiger partial charge in [0.1, 0.15) is 5.75 Å². The minimum absolute atomic E-state index is 0.0268. The third-order valence-corrected chi connectivity index (χ3v) is 6.49. The molecule has 0 aromatic heterocycles. The summed E-state index contributed by atoms with van der Waals surface area (Å²) in [6.07, 6.45) is 0. The van der Waals surface area contributed by atoms with Crippen LogP contribution in [-0.4, -0.2) is 54.6 Å². The summed E-state index contributed by atoms with van der Waals surface area (Å²) in [4.78, 5) is 29.0. The maximum atomic E-state index is 12.7. The highest BCUT2D eigenvalue weighted by Gasteiger charge is 2.25. The molecule has 0 bridgehead atoms. The van der Waals surface area contributed by atoms with Gasteiger partial charge in [-0.15, -0.1) is 0 Å². The first-order valence-electron chi connectivity index (χ1n) is 11.1. The fourth-order valence-corrected chi connectivity index (χ4v) is 4.69. The van der Waals surface area contributed by atoms with Gasteiger partial charge in [0.15, 0.2) is 5.11 Å². The molecule has 0 spiro atoms. The number of carbonyl (C=O) groups excluding carboxylic acids is 2. The van der Waals surface area contributed by atoms with E-state index in [0.29, 0.717) is 59.3 Å². The number of nitrogens with one attached hydrogen (secondary N) is 2. The highest BCUT2D eigenvalue weighted by atomic mass is 79.9. The van der Waals surface area contributed by atoms with Crippen molar-refractivity contribution in [2.45, 2.75) is 20.8 Å². The molecular weight excluding hydrogens is 540 g/mol. The lowest BCUT2D eigenvalue weighted by Gasteiger charge is -2.38. The molecule has 10 heteroatoms. The van der Waals surface area contributed by atoms with Gasteiger partial charge in [0.25, 0.3) is 5.91 Å². The Labute approximate surface area is 218 Å². The van der Waals surface area contributed by atoms with Crippen LogP contribution in [0.15, 0.2) is 40.9 Å². The number of hydrogen-bond donors (Lipinski definition) is 2. The first kappa shape index (κ1) is 26.2. The second kappa shape index (κ2) is 11.9. The zero-order valence-electron chi connectivity index (χ0n) is 19.4. The predicted octanol–water partition coefficient (Wildman–Crippen LogP) is 4.93. The monoisotopic (exact) mass is 566 g/mol. The van der Waals surface area contributed by atoms with Crippen LogP contribution >= 0.6 is 39.7 Å². The second-order valence-electron chi connectivity index (χ2n) is 8.09. The first-order valence-corrected chi connectivity index (χ1v) is 12.7. The molecule has 1 aliphatic heterocycles. The molecule has 7 nitrogen and oxygen atoms in total. The quantitative estimate of drug-likeness (QED) is 0.482. The molecule has 1 fully saturated rings. The van der Waals surface area contributed by atoms with Gasteiger partial charge < -0.3 is 19.9 Å². The van der Waals surface area contributed by atoms with E-state index in [1.54, 1.807) is 18.2 Å². The summed E-state index contributed by atoms with van der Waals surface area (Å²) >= 11 is 15.4. The Morgan fingerprint density at radius 2 is 1.88 bits per heavy atom. The first-order chi connectivity index (χ1) is 16.2. The Bertz CT molecular complexity index is 1070. The van der Waals surface area contributed by atoms with Gasteiger partial charge in [0.2, 0.25) is 5.91 Å². The number of amides is 2. The summed E-state index contributed by atoms with van der Waals surface area (Å²) in [5.41, 5.74) is 1.92. The molecule has 0 saturated carbocycles. The van der Waals surface area contributed by atoms with Crippen LogP contribution in [-0.2, 0) is 4.79 Å². The van der Waals surface area contributed by atoms with Gasteiger partial charge in [-0.05, 0) is 65.4 Å². The Hall–Kier alpha value is -2.36. The van der Waals surface area contributed by atoms with Crippen molar-refractivity contribution in [1.29, 1.82) is 0 Å². The van der Waals surface area contributed by atoms with Crippen molar-refractivity contribution in [2.75, 3.05) is 43.0 Å². The van der Waals surface area contributed by atoms with Gasteiger partial charge in [0, 0.05) is 37.7 Å². The number of piperazine rings is 1. The zero-order chi connectivity index (χ0) is 24.8. The maximum absolute atomic E-state index is 12.7. The maximum Gasteiger partial charge on any atom is 0.257 e. The molecule has 0 radical (unpaired) electrons. The normalized spacial score (nSPS) is 13.6. The third-order valence-electron chi connectivity index (χ3n) is 5.36. The molecule has 1 saturated heterocycles. The van der Waals surface area contributed by atoms with E-state index >= 15 is 0 Å². The van der Waals surface area contributed by atoms with Crippen molar-refractivity contribution in [3.8, 4) is 5.75 Å². The summed E-state index contributed by atoms with van der Waals surface area (Å²) in [5, 5.41) is 6.54.